The van der Waals surface area contributed by atoms with E-state index in [9.17, 15) is 55.9 Å². The smallest absolute Gasteiger partial charge is 0.416 e. The number of aliphatic hydroxyl groups is 1. The molecule has 69 heavy (non-hydrogen) atoms. The first kappa shape index (κ1) is 53.5. The second-order valence-corrected chi connectivity index (χ2v) is 18.5. The molecular weight excluding hydrogens is 931 g/mol. The minimum atomic E-state index is -5.08. The molecule has 0 aliphatic carbocycles. The van der Waals surface area contributed by atoms with Crippen molar-refractivity contribution in [3.63, 3.8) is 0 Å². The molecule has 1 fully saturated rings. The summed E-state index contributed by atoms with van der Waals surface area (Å²) in [6.07, 6.45) is -7.32. The van der Waals surface area contributed by atoms with Crippen LogP contribution < -0.4 is 25.4 Å². The Morgan fingerprint density at radius 3 is 2.28 bits per heavy atom. The minimum Gasteiger partial charge on any atom is -0.493 e. The van der Waals surface area contributed by atoms with Crippen LogP contribution in [0.1, 0.15) is 92.8 Å². The number of nitrogens with zero attached hydrogens (tertiary/aromatic N) is 3. The number of aliphatic hydroxyl groups excluding tert-OH is 1. The van der Waals surface area contributed by atoms with Gasteiger partial charge >= 0.3 is 12.4 Å². The van der Waals surface area contributed by atoms with E-state index in [-0.39, 0.29) is 61.5 Å². The van der Waals surface area contributed by atoms with Crippen molar-refractivity contribution in [3.8, 4) is 28.0 Å². The number of alkyl halides is 6. The molecule has 1 saturated heterocycles. The molecule has 1 aliphatic rings. The predicted molar refractivity (Wildman–Crippen MR) is 245 cm³/mol. The van der Waals surface area contributed by atoms with Gasteiger partial charge < -0.3 is 35.4 Å². The number of amides is 4. The van der Waals surface area contributed by atoms with Gasteiger partial charge in [0, 0.05) is 38.0 Å². The Bertz CT molecular complexity index is 2530. The van der Waals surface area contributed by atoms with Crippen LogP contribution in [0.4, 0.5) is 26.3 Å². The van der Waals surface area contributed by atoms with E-state index in [0.29, 0.717) is 43.4 Å². The number of nitriles is 1. The van der Waals surface area contributed by atoms with E-state index in [1.165, 1.54) is 36.3 Å². The summed E-state index contributed by atoms with van der Waals surface area (Å²) in [5.41, 5.74) is 0.422. The third-order valence-corrected chi connectivity index (χ3v) is 12.3. The van der Waals surface area contributed by atoms with Crippen LogP contribution in [0.3, 0.4) is 0 Å². The molecule has 4 aromatic rings. The molecule has 0 spiro atoms. The Morgan fingerprint density at radius 1 is 0.942 bits per heavy atom. The largest absolute Gasteiger partial charge is 0.493 e. The highest BCUT2D eigenvalue weighted by atomic mass is 32.1. The lowest BCUT2D eigenvalue weighted by molar-refractivity contribution is -0.144. The Hall–Kier alpha value is -6.46. The summed E-state index contributed by atoms with van der Waals surface area (Å²) in [6, 6.07) is 13.0. The van der Waals surface area contributed by atoms with E-state index < -0.39 is 77.0 Å². The predicted octanol–water partition coefficient (Wildman–Crippen LogP) is 8.53. The number of rotatable bonds is 19. The number of β-amino-alcohol motifs (C(OH)–C–C–N with tert-alkyl or cyclic N) is 1. The van der Waals surface area contributed by atoms with Crippen LogP contribution in [-0.2, 0) is 44.7 Å². The van der Waals surface area contributed by atoms with Crippen molar-refractivity contribution in [1.82, 2.24) is 25.8 Å². The zero-order chi connectivity index (χ0) is 50.7. The first-order valence-corrected chi connectivity index (χ1v) is 22.9. The summed E-state index contributed by atoms with van der Waals surface area (Å²) in [7, 11) is 1.25. The number of hydrogen-bond acceptors (Lipinski definition) is 10. The van der Waals surface area contributed by atoms with Gasteiger partial charge in [0.2, 0.25) is 17.7 Å². The summed E-state index contributed by atoms with van der Waals surface area (Å²) in [6.45, 7) is 6.98. The maximum Gasteiger partial charge on any atom is 0.416 e. The topological polar surface area (TPSA) is 183 Å². The summed E-state index contributed by atoms with van der Waals surface area (Å²) in [5.74, 6) is -1.93. The number of unbranched alkanes of at least 4 members (excludes halogenated alkanes) is 3. The second kappa shape index (κ2) is 23.2. The summed E-state index contributed by atoms with van der Waals surface area (Å²) in [5, 5.41) is 28.7. The molecule has 20 heteroatoms. The van der Waals surface area contributed by atoms with Gasteiger partial charge in [-0.05, 0) is 72.2 Å². The Balaban J connectivity index is 1.06. The molecule has 5 rings (SSSR count). The number of carbonyl (C=O) groups is 4. The van der Waals surface area contributed by atoms with E-state index in [4.69, 9.17) is 9.47 Å². The van der Waals surface area contributed by atoms with Gasteiger partial charge in [0.25, 0.3) is 5.91 Å². The number of benzene rings is 3. The fourth-order valence-corrected chi connectivity index (χ4v) is 8.39. The second-order valence-electron chi connectivity index (χ2n) is 17.6. The van der Waals surface area contributed by atoms with Crippen molar-refractivity contribution in [3.05, 3.63) is 105 Å². The van der Waals surface area contributed by atoms with E-state index in [1.807, 2.05) is 37.3 Å². The highest BCUT2D eigenvalue weighted by Gasteiger charge is 2.44. The van der Waals surface area contributed by atoms with Gasteiger partial charge in [-0.15, -0.1) is 11.3 Å². The SMILES string of the molecule is COc1cc(/C=C(\C#N)C(=O)NCCCCCCC(=O)N[C@H](C(=O)N2C[C@H](O)C[C@H]2C(=O)NCc2ccc(-c3scnc3C)cc2)C(C)(C)C)ccc1OCc1ccc(C(F)(F)F)cc1C(F)(F)F. The van der Waals surface area contributed by atoms with Gasteiger partial charge in [0.15, 0.2) is 11.5 Å². The van der Waals surface area contributed by atoms with Crippen LogP contribution in [0, 0.1) is 23.7 Å². The molecule has 0 unspecified atom stereocenters. The standard InChI is InChI=1S/C49H54F6N6O7S/c1-29-42(69-28-59-29)32-14-11-30(12-15-32)25-58-45(65)38-23-36(62)26-61(38)46(66)43(47(2,3)4)60-41(63)10-8-6-7-9-19-57-44(64)34(24-56)20-31-13-18-39(40(21-31)67-5)68-27-33-16-17-35(48(50,51)52)22-37(33)49(53,54)55/h11-18,20-22,28,36,38,43,62H,6-10,19,23,25-27H2,1-5H3,(H,57,64)(H,58,65)(H,60,63)/b34-20+/t36-,38+,43-/m1/s1. The molecule has 0 radical (unpaired) electrons. The number of likely N-dealkylation sites (tertiary alicyclic amines) is 1. The minimum absolute atomic E-state index is 0.0206. The summed E-state index contributed by atoms with van der Waals surface area (Å²) < 4.78 is 90.9. The molecule has 1 aromatic heterocycles. The van der Waals surface area contributed by atoms with Crippen LogP contribution in [-0.4, -0.2) is 77.0 Å². The number of aromatic nitrogens is 1. The van der Waals surface area contributed by atoms with Crippen LogP contribution in [0.15, 0.2) is 71.7 Å². The van der Waals surface area contributed by atoms with Crippen LogP contribution in [0.2, 0.25) is 0 Å². The first-order chi connectivity index (χ1) is 32.5. The summed E-state index contributed by atoms with van der Waals surface area (Å²) in [4.78, 5) is 60.1. The number of hydrogen-bond donors (Lipinski definition) is 4. The van der Waals surface area contributed by atoms with Gasteiger partial charge in [0.1, 0.15) is 30.3 Å². The number of methoxy groups -OCH3 is 1. The Morgan fingerprint density at radius 2 is 1.65 bits per heavy atom. The van der Waals surface area contributed by atoms with Crippen molar-refractivity contribution < 1.29 is 60.1 Å². The number of halogens is 6. The number of aryl methyl sites for hydroxylation is 1. The highest BCUT2D eigenvalue weighted by Crippen LogP contribution is 2.39. The van der Waals surface area contributed by atoms with Crippen molar-refractivity contribution in [2.75, 3.05) is 20.2 Å². The zero-order valence-corrected chi connectivity index (χ0v) is 39.5. The fourth-order valence-electron chi connectivity index (χ4n) is 7.58. The van der Waals surface area contributed by atoms with Crippen molar-refractivity contribution in [2.45, 2.75) is 110 Å². The first-order valence-electron chi connectivity index (χ1n) is 22.0. The van der Waals surface area contributed by atoms with E-state index in [2.05, 4.69) is 20.9 Å². The zero-order valence-electron chi connectivity index (χ0n) is 38.6. The molecule has 3 atom stereocenters. The number of carbonyl (C=O) groups excluding carboxylic acids is 4. The number of nitrogens with one attached hydrogen (secondary N) is 3. The van der Waals surface area contributed by atoms with Crippen molar-refractivity contribution >= 4 is 41.0 Å². The molecule has 4 amide bonds. The third-order valence-electron chi connectivity index (χ3n) is 11.3. The van der Waals surface area contributed by atoms with Crippen LogP contribution in [0.5, 0.6) is 11.5 Å². The van der Waals surface area contributed by atoms with Gasteiger partial charge in [-0.2, -0.15) is 31.6 Å². The quantitative estimate of drug-likeness (QED) is 0.0310. The van der Waals surface area contributed by atoms with Gasteiger partial charge in [-0.1, -0.05) is 70.0 Å². The molecule has 0 saturated carbocycles. The lowest BCUT2D eigenvalue weighted by Gasteiger charge is -2.35. The maximum absolute atomic E-state index is 14.0. The summed E-state index contributed by atoms with van der Waals surface area (Å²) >= 11 is 1.54. The molecule has 4 N–H and O–H groups in total. The fraction of sp³-hybridized carbons (Fsp3) is 0.429. The highest BCUT2D eigenvalue weighted by molar-refractivity contribution is 7.13. The average molecular weight is 985 g/mol. The molecule has 1 aliphatic heterocycles. The lowest BCUT2D eigenvalue weighted by Crippen LogP contribution is -2.57. The molecule has 3 aromatic carbocycles. The molecule has 0 bridgehead atoms. The lowest BCUT2D eigenvalue weighted by atomic mass is 9.85. The molecular formula is C49H54F6N6O7S. The van der Waals surface area contributed by atoms with E-state index >= 15 is 0 Å². The van der Waals surface area contributed by atoms with Crippen LogP contribution in [0.25, 0.3) is 16.5 Å². The maximum atomic E-state index is 14.0. The average Bonchev–Trinajstić information content (AvgIpc) is 3.91. The Labute approximate surface area is 399 Å². The van der Waals surface area contributed by atoms with E-state index in [0.717, 1.165) is 21.7 Å². The van der Waals surface area contributed by atoms with Gasteiger partial charge in [0.05, 0.1) is 40.4 Å². The molecule has 370 valence electrons. The monoisotopic (exact) mass is 984 g/mol. The number of thiazole rings is 1. The van der Waals surface area contributed by atoms with Crippen molar-refractivity contribution in [1.29, 1.82) is 5.26 Å². The molecule has 2 heterocycles. The number of ether oxygens (including phenoxy) is 2. The third kappa shape index (κ3) is 14.8. The van der Waals surface area contributed by atoms with Gasteiger partial charge in [-0.3, -0.25) is 19.2 Å². The Kier molecular flexibility index (Phi) is 18.0. The normalized spacial score (nSPS) is 15.8. The molecule has 13 nitrogen and oxygen atoms in total. The van der Waals surface area contributed by atoms with Crippen LogP contribution >= 0.6 is 11.3 Å². The van der Waals surface area contributed by atoms with E-state index in [1.54, 1.807) is 37.6 Å². The van der Waals surface area contributed by atoms with Crippen molar-refractivity contribution in [2.24, 2.45) is 5.41 Å². The van der Waals surface area contributed by atoms with Gasteiger partial charge in [-0.25, -0.2) is 4.98 Å².